The third-order valence-corrected chi connectivity index (χ3v) is 4.28. The number of hydrogen-bond donors (Lipinski definition) is 2. The quantitative estimate of drug-likeness (QED) is 0.356. The molecule has 6 heteroatoms. The van der Waals surface area contributed by atoms with Gasteiger partial charge in [0.15, 0.2) is 0 Å². The Balaban J connectivity index is 2.12. The maximum absolute atomic E-state index is 8.76. The fraction of sp³-hybridized carbons (Fsp3) is 0.533. The molecule has 0 bridgehead atoms. The van der Waals surface area contributed by atoms with Gasteiger partial charge in [0.25, 0.3) is 0 Å². The monoisotopic (exact) mass is 355 g/mol. The predicted octanol–water partition coefficient (Wildman–Crippen LogP) is 2.59. The van der Waals surface area contributed by atoms with Crippen molar-refractivity contribution in [3.8, 4) is 5.75 Å². The van der Waals surface area contributed by atoms with E-state index in [1.807, 2.05) is 6.92 Å². The smallest absolute Gasteiger partial charge is 0.143 e. The van der Waals surface area contributed by atoms with E-state index in [1.165, 1.54) is 11.1 Å². The molecule has 0 aliphatic carbocycles. The zero-order valence-corrected chi connectivity index (χ0v) is 14.1. The van der Waals surface area contributed by atoms with Crippen LogP contribution in [0.5, 0.6) is 5.75 Å². The van der Waals surface area contributed by atoms with Crippen LogP contribution in [0.4, 0.5) is 0 Å². The highest BCUT2D eigenvalue weighted by atomic mass is 79.9. The van der Waals surface area contributed by atoms with Crippen LogP contribution >= 0.6 is 15.9 Å². The molecule has 0 radical (unpaired) electrons. The van der Waals surface area contributed by atoms with E-state index in [1.54, 1.807) is 0 Å². The normalized spacial score (nSPS) is 15.9. The molecule has 116 valence electrons. The number of halogens is 1. The number of benzene rings is 1. The lowest BCUT2D eigenvalue weighted by Crippen LogP contribution is -2.34. The van der Waals surface area contributed by atoms with Crippen molar-refractivity contribution in [2.75, 3.05) is 19.7 Å². The van der Waals surface area contributed by atoms with Gasteiger partial charge < -0.3 is 15.7 Å². The van der Waals surface area contributed by atoms with Crippen LogP contribution in [0.25, 0.3) is 0 Å². The van der Waals surface area contributed by atoms with Gasteiger partial charge in [-0.15, -0.1) is 0 Å². The van der Waals surface area contributed by atoms with Crippen LogP contribution in [0.1, 0.15) is 25.0 Å². The van der Waals surface area contributed by atoms with Crippen molar-refractivity contribution in [1.82, 2.24) is 4.90 Å². The van der Waals surface area contributed by atoms with Crippen molar-refractivity contribution in [3.05, 3.63) is 27.7 Å². The second kappa shape index (κ2) is 7.13. The summed E-state index contributed by atoms with van der Waals surface area (Å²) in [5.74, 6) is 1.30. The zero-order valence-electron chi connectivity index (χ0n) is 12.5. The fourth-order valence-corrected chi connectivity index (χ4v) is 3.14. The molecule has 5 nitrogen and oxygen atoms in total. The first-order valence-electron chi connectivity index (χ1n) is 7.19. The Kier molecular flexibility index (Phi) is 5.47. The topological polar surface area (TPSA) is 71.1 Å². The number of amidine groups is 1. The van der Waals surface area contributed by atoms with Gasteiger partial charge in [-0.25, -0.2) is 0 Å². The lowest BCUT2D eigenvalue weighted by molar-refractivity contribution is 0.252. The van der Waals surface area contributed by atoms with E-state index in [9.17, 15) is 0 Å². The molecule has 1 atom stereocenters. The average Bonchev–Trinajstić information content (AvgIpc) is 2.93. The summed E-state index contributed by atoms with van der Waals surface area (Å²) in [6.45, 7) is 7.25. The third-order valence-electron chi connectivity index (χ3n) is 3.82. The first-order valence-corrected chi connectivity index (χ1v) is 7.98. The van der Waals surface area contributed by atoms with E-state index >= 15 is 0 Å². The zero-order chi connectivity index (χ0) is 15.4. The van der Waals surface area contributed by atoms with Gasteiger partial charge in [0.05, 0.1) is 6.61 Å². The van der Waals surface area contributed by atoms with Crippen LogP contribution in [0, 0.1) is 5.92 Å². The molecule has 1 aliphatic heterocycles. The molecule has 0 aromatic heterocycles. The van der Waals surface area contributed by atoms with Crippen LogP contribution < -0.4 is 10.5 Å². The van der Waals surface area contributed by atoms with Crippen molar-refractivity contribution in [3.63, 3.8) is 0 Å². The highest BCUT2D eigenvalue weighted by molar-refractivity contribution is 9.10. The summed E-state index contributed by atoms with van der Waals surface area (Å²) in [7, 11) is 0. The minimum absolute atomic E-state index is 0.0102. The lowest BCUT2D eigenvalue weighted by Gasteiger charge is -2.24. The molecule has 1 heterocycles. The first-order chi connectivity index (χ1) is 10.0. The molecule has 21 heavy (non-hydrogen) atoms. The van der Waals surface area contributed by atoms with Gasteiger partial charge in [0, 0.05) is 35.5 Å². The summed E-state index contributed by atoms with van der Waals surface area (Å²) < 4.78 is 6.85. The molecule has 0 saturated carbocycles. The van der Waals surface area contributed by atoms with Crippen LogP contribution in [-0.2, 0) is 13.0 Å². The molecule has 2 rings (SSSR count). The number of oxime groups is 1. The van der Waals surface area contributed by atoms with E-state index in [4.69, 9.17) is 15.7 Å². The average molecular weight is 356 g/mol. The number of nitrogens with zero attached hydrogens (tertiary/aromatic N) is 2. The number of ether oxygens (including phenoxy) is 1. The Hall–Kier alpha value is -1.27. The van der Waals surface area contributed by atoms with Crippen molar-refractivity contribution < 1.29 is 9.94 Å². The Morgan fingerprint density at radius 2 is 2.33 bits per heavy atom. The fourth-order valence-electron chi connectivity index (χ4n) is 2.59. The Morgan fingerprint density at radius 1 is 1.57 bits per heavy atom. The van der Waals surface area contributed by atoms with Gasteiger partial charge in [-0.2, -0.15) is 0 Å². The number of rotatable bonds is 6. The van der Waals surface area contributed by atoms with Crippen LogP contribution in [0.15, 0.2) is 21.8 Å². The van der Waals surface area contributed by atoms with Gasteiger partial charge in [0.1, 0.15) is 11.6 Å². The molecular weight excluding hydrogens is 334 g/mol. The molecular formula is C15H22BrN3O2. The third kappa shape index (κ3) is 3.89. The standard InChI is InChI=1S/C15H22BrN3O2/c1-3-19(8-10(2)15(17)18-20)9-12-7-13(16)6-11-4-5-21-14(11)12/h6-7,10,20H,3-5,8-9H2,1-2H3,(H2,17,18). The lowest BCUT2D eigenvalue weighted by atomic mass is 10.1. The largest absolute Gasteiger partial charge is 0.493 e. The van der Waals surface area contributed by atoms with Crippen molar-refractivity contribution >= 4 is 21.8 Å². The molecule has 3 N–H and O–H groups in total. The van der Waals surface area contributed by atoms with Gasteiger partial charge in [-0.05, 0) is 24.2 Å². The first kappa shape index (κ1) is 16.1. The second-order valence-corrected chi connectivity index (χ2v) is 6.32. The Morgan fingerprint density at radius 3 is 3.00 bits per heavy atom. The van der Waals surface area contributed by atoms with Crippen molar-refractivity contribution in [1.29, 1.82) is 0 Å². The van der Waals surface area contributed by atoms with Crippen LogP contribution in [-0.4, -0.2) is 35.6 Å². The minimum Gasteiger partial charge on any atom is -0.493 e. The number of fused-ring (bicyclic) bond motifs is 1. The highest BCUT2D eigenvalue weighted by Crippen LogP contribution is 2.33. The van der Waals surface area contributed by atoms with E-state index in [0.29, 0.717) is 0 Å². The molecule has 0 fully saturated rings. The van der Waals surface area contributed by atoms with Crippen molar-refractivity contribution in [2.24, 2.45) is 16.8 Å². The van der Waals surface area contributed by atoms with Gasteiger partial charge >= 0.3 is 0 Å². The maximum atomic E-state index is 8.76. The van der Waals surface area contributed by atoms with E-state index in [2.05, 4.69) is 45.0 Å². The Bertz CT molecular complexity index is 534. The molecule has 0 spiro atoms. The van der Waals surface area contributed by atoms with E-state index < -0.39 is 0 Å². The summed E-state index contributed by atoms with van der Waals surface area (Å²) in [5.41, 5.74) is 8.12. The molecule has 1 aromatic carbocycles. The summed E-state index contributed by atoms with van der Waals surface area (Å²) in [4.78, 5) is 2.27. The second-order valence-electron chi connectivity index (χ2n) is 5.41. The molecule has 0 amide bonds. The van der Waals surface area contributed by atoms with Crippen LogP contribution in [0.2, 0.25) is 0 Å². The number of hydrogen-bond acceptors (Lipinski definition) is 4. The molecule has 0 saturated heterocycles. The van der Waals surface area contributed by atoms with Gasteiger partial charge in [0.2, 0.25) is 0 Å². The SMILES string of the molecule is CCN(Cc1cc(Br)cc2c1OCC2)CC(C)/C(N)=N/O. The number of nitrogens with two attached hydrogens (primary N) is 1. The van der Waals surface area contributed by atoms with Gasteiger partial charge in [-0.3, -0.25) is 4.90 Å². The summed E-state index contributed by atoms with van der Waals surface area (Å²) in [6.07, 6.45) is 0.967. The summed E-state index contributed by atoms with van der Waals surface area (Å²) in [6, 6.07) is 4.24. The predicted molar refractivity (Wildman–Crippen MR) is 86.9 cm³/mol. The van der Waals surface area contributed by atoms with Crippen molar-refractivity contribution in [2.45, 2.75) is 26.8 Å². The molecule has 1 aliphatic rings. The maximum Gasteiger partial charge on any atom is 0.143 e. The minimum atomic E-state index is 0.0102. The van der Waals surface area contributed by atoms with E-state index in [-0.39, 0.29) is 11.8 Å². The molecule has 1 aromatic rings. The summed E-state index contributed by atoms with van der Waals surface area (Å²) in [5, 5.41) is 11.9. The molecule has 1 unspecified atom stereocenters. The highest BCUT2D eigenvalue weighted by Gasteiger charge is 2.20. The van der Waals surface area contributed by atoms with E-state index in [0.717, 1.165) is 42.9 Å². The summed E-state index contributed by atoms with van der Waals surface area (Å²) >= 11 is 3.57. The van der Waals surface area contributed by atoms with Gasteiger partial charge in [-0.1, -0.05) is 34.9 Å². The van der Waals surface area contributed by atoms with Crippen LogP contribution in [0.3, 0.4) is 0 Å². The Labute approximate surface area is 133 Å².